The van der Waals surface area contributed by atoms with Crippen LogP contribution < -0.4 is 4.90 Å². The van der Waals surface area contributed by atoms with Crippen molar-refractivity contribution >= 4 is 46.1 Å². The minimum atomic E-state index is -4.74. The number of hydrogen-bond donors (Lipinski definition) is 1. The number of carboxylic acid groups (broad SMARTS) is 1. The lowest BCUT2D eigenvalue weighted by Gasteiger charge is -2.47. The number of morpholine rings is 1. The number of amides is 1. The van der Waals surface area contributed by atoms with Crippen LogP contribution in [0.15, 0.2) is 22.1 Å². The smallest absolute Gasteiger partial charge is 0.420 e. The number of hydrogen-bond acceptors (Lipinski definition) is 7. The van der Waals surface area contributed by atoms with E-state index in [9.17, 15) is 23.1 Å². The zero-order chi connectivity index (χ0) is 21.9. The Kier molecular flexibility index (Phi) is 4.75. The molecule has 0 saturated carbocycles. The molecule has 0 spiro atoms. The minimum absolute atomic E-state index is 0.0255. The SMILES string of the molecule is O=C(O)N1C2COCC1CN(c1nc3c(C(F)(F)F)c(Cl)cc(-c4nccs4)c3o1)C2. The van der Waals surface area contributed by atoms with Crippen molar-refractivity contribution < 1.29 is 32.2 Å². The average Bonchev–Trinajstić information content (AvgIpc) is 3.35. The van der Waals surface area contributed by atoms with Gasteiger partial charge in [-0.15, -0.1) is 11.3 Å². The lowest BCUT2D eigenvalue weighted by Crippen LogP contribution is -2.66. The molecular weight excluding hydrogens is 461 g/mol. The summed E-state index contributed by atoms with van der Waals surface area (Å²) >= 11 is 7.24. The van der Waals surface area contributed by atoms with E-state index in [1.807, 2.05) is 0 Å². The lowest BCUT2D eigenvalue weighted by atomic mass is 10.1. The van der Waals surface area contributed by atoms with Crippen LogP contribution in [0, 0.1) is 0 Å². The van der Waals surface area contributed by atoms with Gasteiger partial charge in [-0.25, -0.2) is 9.78 Å². The fraction of sp³-hybridized carbons (Fsp3) is 0.389. The van der Waals surface area contributed by atoms with Crippen LogP contribution in [-0.4, -0.2) is 64.5 Å². The monoisotopic (exact) mass is 474 g/mol. The Hall–Kier alpha value is -2.57. The highest BCUT2D eigenvalue weighted by Gasteiger charge is 2.43. The quantitative estimate of drug-likeness (QED) is 0.595. The van der Waals surface area contributed by atoms with Gasteiger partial charge in [0.25, 0.3) is 6.01 Å². The molecule has 2 bridgehead atoms. The van der Waals surface area contributed by atoms with E-state index < -0.39 is 40.5 Å². The molecule has 164 valence electrons. The van der Waals surface area contributed by atoms with Crippen LogP contribution in [0.2, 0.25) is 5.02 Å². The molecule has 2 aliphatic heterocycles. The molecule has 2 aromatic heterocycles. The number of halogens is 4. The van der Waals surface area contributed by atoms with E-state index >= 15 is 0 Å². The zero-order valence-electron chi connectivity index (χ0n) is 15.6. The van der Waals surface area contributed by atoms with Crippen molar-refractivity contribution in [1.29, 1.82) is 0 Å². The van der Waals surface area contributed by atoms with Crippen molar-refractivity contribution in [2.45, 2.75) is 18.3 Å². The molecule has 0 aliphatic carbocycles. The van der Waals surface area contributed by atoms with Gasteiger partial charge in [-0.1, -0.05) is 11.6 Å². The predicted molar refractivity (Wildman–Crippen MR) is 106 cm³/mol. The highest BCUT2D eigenvalue weighted by Crippen LogP contribution is 2.45. The first-order chi connectivity index (χ1) is 14.7. The molecule has 2 saturated heterocycles. The Morgan fingerprint density at radius 2 is 2.00 bits per heavy atom. The maximum absolute atomic E-state index is 13.8. The number of anilines is 1. The Bertz CT molecular complexity index is 1140. The average molecular weight is 475 g/mol. The second kappa shape index (κ2) is 7.24. The molecule has 31 heavy (non-hydrogen) atoms. The van der Waals surface area contributed by atoms with E-state index in [1.165, 1.54) is 28.5 Å². The van der Waals surface area contributed by atoms with E-state index in [1.54, 1.807) is 10.3 Å². The summed E-state index contributed by atoms with van der Waals surface area (Å²) in [6.07, 6.45) is -4.27. The number of rotatable bonds is 2. The molecule has 2 atom stereocenters. The van der Waals surface area contributed by atoms with Crippen LogP contribution >= 0.6 is 22.9 Å². The fourth-order valence-corrected chi connectivity index (χ4v) is 5.05. The summed E-state index contributed by atoms with van der Waals surface area (Å²) in [5, 5.41) is 11.1. The van der Waals surface area contributed by atoms with E-state index in [-0.39, 0.29) is 37.9 Å². The largest absolute Gasteiger partial charge is 0.465 e. The van der Waals surface area contributed by atoms with Crippen molar-refractivity contribution in [3.8, 4) is 10.6 Å². The molecule has 2 aliphatic rings. The fourth-order valence-electron chi connectivity index (χ4n) is 4.09. The molecule has 8 nitrogen and oxygen atoms in total. The number of piperazine rings is 1. The Morgan fingerprint density at radius 1 is 1.29 bits per heavy atom. The summed E-state index contributed by atoms with van der Waals surface area (Å²) in [6, 6.07) is 0.196. The zero-order valence-corrected chi connectivity index (χ0v) is 17.2. The third kappa shape index (κ3) is 3.38. The van der Waals surface area contributed by atoms with Gasteiger partial charge in [0.05, 0.1) is 35.9 Å². The van der Waals surface area contributed by atoms with Crippen LogP contribution in [0.5, 0.6) is 0 Å². The predicted octanol–water partition coefficient (Wildman–Crippen LogP) is 4.19. The number of thiazole rings is 1. The summed E-state index contributed by atoms with van der Waals surface area (Å²) in [4.78, 5) is 22.9. The highest BCUT2D eigenvalue weighted by atomic mass is 35.5. The number of oxazole rings is 1. The second-order valence-corrected chi connectivity index (χ2v) is 8.53. The second-order valence-electron chi connectivity index (χ2n) is 7.23. The number of fused-ring (bicyclic) bond motifs is 3. The molecule has 1 N–H and O–H groups in total. The van der Waals surface area contributed by atoms with Crippen LogP contribution in [0.25, 0.3) is 21.7 Å². The Morgan fingerprint density at radius 3 is 2.58 bits per heavy atom. The summed E-state index contributed by atoms with van der Waals surface area (Å²) in [5.74, 6) is 0. The van der Waals surface area contributed by atoms with Crippen molar-refractivity contribution in [3.63, 3.8) is 0 Å². The number of nitrogens with zero attached hydrogens (tertiary/aromatic N) is 4. The number of benzene rings is 1. The topological polar surface area (TPSA) is 91.9 Å². The third-order valence-corrected chi connectivity index (χ3v) is 6.42. The first-order valence-electron chi connectivity index (χ1n) is 9.18. The molecule has 2 fully saturated rings. The van der Waals surface area contributed by atoms with Crippen molar-refractivity contribution in [1.82, 2.24) is 14.9 Å². The maximum Gasteiger partial charge on any atom is 0.420 e. The van der Waals surface area contributed by atoms with E-state index in [2.05, 4.69) is 9.97 Å². The molecule has 1 amide bonds. The minimum Gasteiger partial charge on any atom is -0.465 e. The van der Waals surface area contributed by atoms with Gasteiger partial charge in [0.1, 0.15) is 16.1 Å². The molecule has 4 heterocycles. The van der Waals surface area contributed by atoms with Crippen molar-refractivity contribution in [2.24, 2.45) is 0 Å². The van der Waals surface area contributed by atoms with Crippen LogP contribution in [-0.2, 0) is 10.9 Å². The van der Waals surface area contributed by atoms with Crippen LogP contribution in [0.3, 0.4) is 0 Å². The van der Waals surface area contributed by atoms with Gasteiger partial charge in [-0.2, -0.15) is 18.2 Å². The first kappa shape index (κ1) is 20.3. The van der Waals surface area contributed by atoms with Gasteiger partial charge in [0, 0.05) is 24.7 Å². The number of carbonyl (C=O) groups is 1. The summed E-state index contributed by atoms with van der Waals surface area (Å²) in [5.41, 5.74) is -1.23. The van der Waals surface area contributed by atoms with Gasteiger partial charge in [0.15, 0.2) is 5.58 Å². The summed E-state index contributed by atoms with van der Waals surface area (Å²) < 4.78 is 52.5. The molecule has 3 aromatic rings. The molecule has 1 aromatic carbocycles. The first-order valence-corrected chi connectivity index (χ1v) is 10.4. The standard InChI is InChI=1S/C18H14ClF3N4O4S/c19-11-3-10(15-23-1-2-31-15)14-13(12(11)18(20,21)22)24-16(30-14)25-4-8-6-29-7-9(5-25)26(8)17(27)28/h1-3,8-9H,4-7H2,(H,27,28). The maximum atomic E-state index is 13.8. The van der Waals surface area contributed by atoms with Gasteiger partial charge < -0.3 is 19.2 Å². The number of alkyl halides is 3. The molecule has 13 heteroatoms. The van der Waals surface area contributed by atoms with Gasteiger partial charge in [0.2, 0.25) is 0 Å². The Balaban J connectivity index is 1.63. The summed E-state index contributed by atoms with van der Waals surface area (Å²) in [7, 11) is 0. The van der Waals surface area contributed by atoms with Crippen molar-refractivity contribution in [3.05, 3.63) is 28.2 Å². The molecule has 2 unspecified atom stereocenters. The van der Waals surface area contributed by atoms with Gasteiger partial charge in [-0.3, -0.25) is 4.90 Å². The number of aromatic nitrogens is 2. The van der Waals surface area contributed by atoms with E-state index in [4.69, 9.17) is 20.8 Å². The van der Waals surface area contributed by atoms with Crippen LogP contribution in [0.1, 0.15) is 5.56 Å². The number of ether oxygens (including phenoxy) is 1. The molecule has 5 rings (SSSR count). The van der Waals surface area contributed by atoms with Gasteiger partial charge >= 0.3 is 12.3 Å². The summed E-state index contributed by atoms with van der Waals surface area (Å²) in [6.45, 7) is 0.724. The van der Waals surface area contributed by atoms with Crippen LogP contribution in [0.4, 0.5) is 24.0 Å². The van der Waals surface area contributed by atoms with E-state index in [0.717, 1.165) is 0 Å². The van der Waals surface area contributed by atoms with Gasteiger partial charge in [-0.05, 0) is 6.07 Å². The van der Waals surface area contributed by atoms with Crippen molar-refractivity contribution in [2.75, 3.05) is 31.2 Å². The lowest BCUT2D eigenvalue weighted by molar-refractivity contribution is -0.136. The third-order valence-electron chi connectivity index (χ3n) is 5.31. The molecular formula is C18H14ClF3N4O4S. The molecule has 0 radical (unpaired) electrons. The Labute approximate surface area is 181 Å². The highest BCUT2D eigenvalue weighted by molar-refractivity contribution is 7.13. The van der Waals surface area contributed by atoms with E-state index in [0.29, 0.717) is 10.6 Å². The normalized spacial score (nSPS) is 21.7.